The van der Waals surface area contributed by atoms with Crippen LogP contribution in [0.25, 0.3) is 0 Å². The van der Waals surface area contributed by atoms with E-state index in [1.54, 1.807) is 18.0 Å². The van der Waals surface area contributed by atoms with Crippen molar-refractivity contribution < 1.29 is 4.79 Å². The molecule has 1 aromatic carbocycles. The van der Waals surface area contributed by atoms with Gasteiger partial charge in [0.05, 0.1) is 12.5 Å². The molecule has 0 spiro atoms. The van der Waals surface area contributed by atoms with Crippen molar-refractivity contribution in [3.8, 4) is 0 Å². The first kappa shape index (κ1) is 17.5. The van der Waals surface area contributed by atoms with Crippen LogP contribution in [0.15, 0.2) is 53.7 Å². The molecule has 1 amide bonds. The molecule has 1 heterocycles. The Morgan fingerprint density at radius 1 is 1.26 bits per heavy atom. The second-order valence-electron chi connectivity index (χ2n) is 5.57. The second-order valence-corrected chi connectivity index (χ2v) is 6.45. The van der Waals surface area contributed by atoms with Gasteiger partial charge in [0, 0.05) is 17.3 Å². The van der Waals surface area contributed by atoms with Gasteiger partial charge in [0.15, 0.2) is 0 Å². The molecule has 0 aliphatic carbocycles. The van der Waals surface area contributed by atoms with E-state index in [0.29, 0.717) is 6.42 Å². The van der Waals surface area contributed by atoms with Gasteiger partial charge in [-0.1, -0.05) is 38.0 Å². The highest BCUT2D eigenvalue weighted by atomic mass is 32.2. The topological polar surface area (TPSA) is 42.0 Å². The van der Waals surface area contributed by atoms with E-state index >= 15 is 0 Å². The molecule has 4 heteroatoms. The molecule has 122 valence electrons. The van der Waals surface area contributed by atoms with Crippen LogP contribution in [0, 0.1) is 0 Å². The maximum Gasteiger partial charge on any atom is 0.224 e. The first-order valence-electron chi connectivity index (χ1n) is 8.05. The molecule has 23 heavy (non-hydrogen) atoms. The largest absolute Gasteiger partial charge is 0.349 e. The molecule has 0 saturated heterocycles. The Morgan fingerprint density at radius 3 is 2.65 bits per heavy atom. The summed E-state index contributed by atoms with van der Waals surface area (Å²) in [7, 11) is 0. The van der Waals surface area contributed by atoms with Gasteiger partial charge in [0.2, 0.25) is 5.91 Å². The lowest BCUT2D eigenvalue weighted by molar-refractivity contribution is -0.121. The van der Waals surface area contributed by atoms with E-state index in [4.69, 9.17) is 0 Å². The van der Waals surface area contributed by atoms with Crippen LogP contribution in [0.4, 0.5) is 0 Å². The quantitative estimate of drug-likeness (QED) is 0.731. The van der Waals surface area contributed by atoms with Gasteiger partial charge in [-0.3, -0.25) is 9.78 Å². The molecular weight excluding hydrogens is 304 g/mol. The summed E-state index contributed by atoms with van der Waals surface area (Å²) in [6.45, 7) is 2.16. The minimum absolute atomic E-state index is 0.0432. The number of rotatable bonds is 8. The molecule has 0 radical (unpaired) electrons. The average Bonchev–Trinajstić information content (AvgIpc) is 2.60. The predicted octanol–water partition coefficient (Wildman–Crippen LogP) is 4.39. The fourth-order valence-electron chi connectivity index (χ4n) is 2.49. The standard InChI is InChI=1S/C19H24N2OS/c1-3-4-7-18(16-6-5-12-20-14-16)21-19(22)13-15-8-10-17(23-2)11-9-15/h5-6,8-12,14,18H,3-4,7,13H2,1-2H3,(H,21,22). The SMILES string of the molecule is CCCCC(NC(=O)Cc1ccc(SC)cc1)c1cccnc1. The van der Waals surface area contributed by atoms with Crippen molar-refractivity contribution in [2.75, 3.05) is 6.26 Å². The number of pyridine rings is 1. The molecule has 0 aliphatic heterocycles. The number of carbonyl (C=O) groups is 1. The van der Waals surface area contributed by atoms with Crippen LogP contribution in [0.1, 0.15) is 43.4 Å². The number of thioether (sulfide) groups is 1. The van der Waals surface area contributed by atoms with E-state index in [1.165, 1.54) is 4.90 Å². The summed E-state index contributed by atoms with van der Waals surface area (Å²) in [6.07, 6.45) is 9.21. The summed E-state index contributed by atoms with van der Waals surface area (Å²) in [5, 5.41) is 3.16. The van der Waals surface area contributed by atoms with E-state index in [1.807, 2.05) is 36.7 Å². The van der Waals surface area contributed by atoms with E-state index in [-0.39, 0.29) is 11.9 Å². The van der Waals surface area contributed by atoms with Crippen molar-refractivity contribution in [2.45, 2.75) is 43.5 Å². The summed E-state index contributed by atoms with van der Waals surface area (Å²) in [5.74, 6) is 0.0619. The molecular formula is C19H24N2OS. The Labute approximate surface area is 142 Å². The molecule has 0 fully saturated rings. The van der Waals surface area contributed by atoms with Gasteiger partial charge in [0.1, 0.15) is 0 Å². The molecule has 3 nitrogen and oxygen atoms in total. The van der Waals surface area contributed by atoms with Crippen LogP contribution in [-0.4, -0.2) is 17.1 Å². The number of nitrogens with one attached hydrogen (secondary N) is 1. The number of hydrogen-bond acceptors (Lipinski definition) is 3. The molecule has 1 atom stereocenters. The Morgan fingerprint density at radius 2 is 2.04 bits per heavy atom. The fraction of sp³-hybridized carbons (Fsp3) is 0.368. The van der Waals surface area contributed by atoms with Crippen LogP contribution >= 0.6 is 11.8 Å². The lowest BCUT2D eigenvalue weighted by Crippen LogP contribution is -2.30. The van der Waals surface area contributed by atoms with Crippen LogP contribution in [-0.2, 0) is 11.2 Å². The van der Waals surface area contributed by atoms with Crippen molar-refractivity contribution >= 4 is 17.7 Å². The lowest BCUT2D eigenvalue weighted by Gasteiger charge is -2.19. The fourth-order valence-corrected chi connectivity index (χ4v) is 2.89. The van der Waals surface area contributed by atoms with Crippen LogP contribution in [0.3, 0.4) is 0 Å². The highest BCUT2D eigenvalue weighted by Gasteiger charge is 2.14. The van der Waals surface area contributed by atoms with Crippen molar-refractivity contribution in [1.29, 1.82) is 0 Å². The van der Waals surface area contributed by atoms with Crippen LogP contribution in [0.2, 0.25) is 0 Å². The van der Waals surface area contributed by atoms with Gasteiger partial charge in [0.25, 0.3) is 0 Å². The number of amides is 1. The third kappa shape index (κ3) is 5.71. The average molecular weight is 328 g/mol. The van der Waals surface area contributed by atoms with Crippen LogP contribution in [0.5, 0.6) is 0 Å². The molecule has 1 aromatic heterocycles. The van der Waals surface area contributed by atoms with Crippen LogP contribution < -0.4 is 5.32 Å². The molecule has 1 unspecified atom stereocenters. The highest BCUT2D eigenvalue weighted by Crippen LogP contribution is 2.19. The zero-order chi connectivity index (χ0) is 16.5. The Bertz CT molecular complexity index is 599. The number of unbranched alkanes of at least 4 members (excludes halogenated alkanes) is 1. The van der Waals surface area contributed by atoms with Gasteiger partial charge >= 0.3 is 0 Å². The van der Waals surface area contributed by atoms with Gasteiger partial charge in [-0.15, -0.1) is 11.8 Å². The lowest BCUT2D eigenvalue weighted by atomic mass is 10.0. The van der Waals surface area contributed by atoms with Gasteiger partial charge in [-0.25, -0.2) is 0 Å². The molecule has 2 rings (SSSR count). The first-order chi connectivity index (χ1) is 11.2. The smallest absolute Gasteiger partial charge is 0.224 e. The van der Waals surface area contributed by atoms with E-state index < -0.39 is 0 Å². The third-order valence-electron chi connectivity index (χ3n) is 3.79. The summed E-state index contributed by atoms with van der Waals surface area (Å²) in [6, 6.07) is 12.2. The predicted molar refractivity (Wildman–Crippen MR) is 96.6 cm³/mol. The van der Waals surface area contributed by atoms with Crippen molar-refractivity contribution in [3.63, 3.8) is 0 Å². The van der Waals surface area contributed by atoms with Crippen molar-refractivity contribution in [3.05, 3.63) is 59.9 Å². The minimum atomic E-state index is 0.0432. The monoisotopic (exact) mass is 328 g/mol. The van der Waals surface area contributed by atoms with Crippen molar-refractivity contribution in [2.24, 2.45) is 0 Å². The highest BCUT2D eigenvalue weighted by molar-refractivity contribution is 7.98. The zero-order valence-electron chi connectivity index (χ0n) is 13.8. The van der Waals surface area contributed by atoms with Gasteiger partial charge < -0.3 is 5.32 Å². The molecule has 0 aliphatic rings. The first-order valence-corrected chi connectivity index (χ1v) is 9.27. The summed E-state index contributed by atoms with van der Waals surface area (Å²) >= 11 is 1.71. The summed E-state index contributed by atoms with van der Waals surface area (Å²) < 4.78 is 0. The Balaban J connectivity index is 1.98. The number of benzene rings is 1. The Kier molecular flexibility index (Phi) is 7.14. The normalized spacial score (nSPS) is 11.9. The number of aromatic nitrogens is 1. The van der Waals surface area contributed by atoms with E-state index in [0.717, 1.165) is 30.4 Å². The molecule has 1 N–H and O–H groups in total. The summed E-state index contributed by atoms with van der Waals surface area (Å²) in [4.78, 5) is 17.8. The molecule has 2 aromatic rings. The van der Waals surface area contributed by atoms with Gasteiger partial charge in [-0.05, 0) is 42.0 Å². The second kappa shape index (κ2) is 9.36. The number of carbonyl (C=O) groups excluding carboxylic acids is 1. The molecule has 0 bridgehead atoms. The zero-order valence-corrected chi connectivity index (χ0v) is 14.6. The van der Waals surface area contributed by atoms with Gasteiger partial charge in [-0.2, -0.15) is 0 Å². The van der Waals surface area contributed by atoms with Crippen molar-refractivity contribution in [1.82, 2.24) is 10.3 Å². The maximum absolute atomic E-state index is 12.4. The number of hydrogen-bond donors (Lipinski definition) is 1. The molecule has 0 saturated carbocycles. The Hall–Kier alpha value is -1.81. The van der Waals surface area contributed by atoms with E-state index in [2.05, 4.69) is 29.4 Å². The third-order valence-corrected chi connectivity index (χ3v) is 4.54. The van der Waals surface area contributed by atoms with E-state index in [9.17, 15) is 4.79 Å². The minimum Gasteiger partial charge on any atom is -0.349 e. The summed E-state index contributed by atoms with van der Waals surface area (Å²) in [5.41, 5.74) is 2.12. The maximum atomic E-state index is 12.4. The number of nitrogens with zero attached hydrogens (tertiary/aromatic N) is 1.